The normalized spacial score (nSPS) is 21.3. The molecule has 6 aliphatic heterocycles. The SMILES string of the molecule is CC(C)(C)OC(=O)N1CC=C(c2nsc(-c3ccc4c(C5C[C@H](n6nc(C7C[C@@H](n8ncc9ccc(-c%10noc(C%11CCN(C(=O)OC(C)(C)C)CC%11)n%10)cc98)CO7)c7ccc(-c8noc(C9CCN(C(=O)OC(C)(C)C)CC9)n8)cc76)CO5)nn(C5COC5)c4c3)n2)CC1. The molecule has 15 rings (SSSR count). The highest BCUT2D eigenvalue weighted by Gasteiger charge is 2.40. The van der Waals surface area contributed by atoms with E-state index >= 15 is 0 Å². The van der Waals surface area contributed by atoms with Gasteiger partial charge in [0, 0.05) is 96.8 Å². The van der Waals surface area contributed by atoms with Crippen LogP contribution in [-0.4, -0.2) is 174 Å². The first-order chi connectivity index (χ1) is 45.6. The van der Waals surface area contributed by atoms with Crippen molar-refractivity contribution in [2.45, 2.75) is 166 Å². The Morgan fingerprint density at radius 1 is 0.537 bits per heavy atom. The number of nitrogens with zero attached hydrogens (tertiary/aromatic N) is 15. The van der Waals surface area contributed by atoms with Crippen LogP contribution in [0, 0.1) is 0 Å². The number of piperidine rings is 2. The number of fused-ring (bicyclic) bond motifs is 3. The minimum atomic E-state index is -0.582. The van der Waals surface area contributed by atoms with Gasteiger partial charge in [0.1, 0.15) is 34.0 Å². The molecule has 12 heterocycles. The van der Waals surface area contributed by atoms with Crippen LogP contribution in [0.4, 0.5) is 14.4 Å². The van der Waals surface area contributed by atoms with Crippen LogP contribution in [0.25, 0.3) is 71.6 Å². The molecule has 9 aromatic rings. The van der Waals surface area contributed by atoms with Crippen LogP contribution in [-0.2, 0) is 28.4 Å². The van der Waals surface area contributed by atoms with Gasteiger partial charge in [-0.25, -0.2) is 19.4 Å². The Morgan fingerprint density at radius 2 is 1.03 bits per heavy atom. The molecule has 0 aliphatic carbocycles. The van der Waals surface area contributed by atoms with Crippen molar-refractivity contribution in [3.8, 4) is 33.3 Å². The average molecular weight is 1310 g/mol. The first kappa shape index (κ1) is 62.5. The van der Waals surface area contributed by atoms with Gasteiger partial charge < -0.3 is 52.2 Å². The first-order valence-corrected chi connectivity index (χ1v) is 33.8. The van der Waals surface area contributed by atoms with Crippen LogP contribution in [0.15, 0.2) is 75.9 Å². The number of carbonyl (C=O) groups is 3. The second-order valence-electron chi connectivity index (χ2n) is 28.8. The van der Waals surface area contributed by atoms with Crippen LogP contribution in [0.2, 0.25) is 0 Å². The number of amides is 3. The third-order valence-electron chi connectivity index (χ3n) is 18.5. The van der Waals surface area contributed by atoms with E-state index in [2.05, 4.69) is 56.1 Å². The quantitative estimate of drug-likeness (QED) is 0.109. The summed E-state index contributed by atoms with van der Waals surface area (Å²) in [5, 5.41) is 28.4. The second kappa shape index (κ2) is 24.5. The first-order valence-electron chi connectivity index (χ1n) is 33.1. The Bertz CT molecular complexity index is 4410. The second-order valence-corrected chi connectivity index (χ2v) is 29.6. The predicted octanol–water partition coefficient (Wildman–Crippen LogP) is 12.6. The van der Waals surface area contributed by atoms with E-state index in [0.717, 1.165) is 71.4 Å². The molecule has 498 valence electrons. The Hall–Kier alpha value is -8.66. The summed E-state index contributed by atoms with van der Waals surface area (Å²) < 4.78 is 59.1. The van der Waals surface area contributed by atoms with E-state index in [1.54, 1.807) is 14.7 Å². The molecule has 4 atom stereocenters. The number of hydrogen-bond acceptors (Lipinski definition) is 21. The average Bonchev–Trinajstić information content (AvgIpc) is 1.61. The van der Waals surface area contributed by atoms with Gasteiger partial charge in [-0.15, -0.1) is 0 Å². The lowest BCUT2D eigenvalue weighted by Gasteiger charge is -2.32. The van der Waals surface area contributed by atoms with E-state index in [0.29, 0.717) is 140 Å². The molecule has 0 N–H and O–H groups in total. The summed E-state index contributed by atoms with van der Waals surface area (Å²) in [7, 11) is 0. The smallest absolute Gasteiger partial charge is 0.410 e. The highest BCUT2D eigenvalue weighted by molar-refractivity contribution is 7.09. The molecule has 6 aliphatic rings. The molecule has 5 saturated heterocycles. The maximum atomic E-state index is 12.9. The van der Waals surface area contributed by atoms with E-state index in [-0.39, 0.29) is 60.4 Å². The molecule has 0 saturated carbocycles. The third kappa shape index (κ3) is 12.8. The highest BCUT2D eigenvalue weighted by Crippen LogP contribution is 2.45. The molecule has 3 aromatic carbocycles. The molecule has 0 spiro atoms. The summed E-state index contributed by atoms with van der Waals surface area (Å²) in [6, 6.07) is 18.4. The fraction of sp³-hybridized carbons (Fsp3) is 0.529. The Balaban J connectivity index is 0.691. The van der Waals surface area contributed by atoms with Crippen LogP contribution in [0.3, 0.4) is 0 Å². The minimum Gasteiger partial charge on any atom is -0.444 e. The van der Waals surface area contributed by atoms with Crippen LogP contribution in [0.1, 0.15) is 178 Å². The number of benzene rings is 3. The standard InChI is InChI=1S/C68H79N15O11S/c1-66(2,3)90-63(84)78-22-16-38(17-23-78)59-72-62(95-77-59)43-13-15-49-52(30-43)83(47-34-87-35-47)74-56(49)54-32-46(37-89-54)82-51-29-42(58-71-61(94-76-58)40-20-26-80(27-21-40)65(86)92-68(7,8)9)12-14-48(51)55(73-82)53-31-45(36-88-53)81-50-28-41(10-11-44(50)33-69-81)57-70-60(93-75-57)39-18-24-79(25-19-39)64(85)91-67(4,5)6/h10-16,28-30,33,39-40,45-47,53-54H,17-27,31-32,34-37H2,1-9H3/t45-,46+,53?,54?/m1/s1. The molecule has 95 heavy (non-hydrogen) atoms. The van der Waals surface area contributed by atoms with E-state index in [9.17, 15) is 14.4 Å². The maximum Gasteiger partial charge on any atom is 0.410 e. The summed E-state index contributed by atoms with van der Waals surface area (Å²) in [6.07, 6.45) is 6.76. The van der Waals surface area contributed by atoms with Crippen molar-refractivity contribution in [3.63, 3.8) is 0 Å². The number of aromatic nitrogens is 12. The molecule has 5 fully saturated rings. The zero-order chi connectivity index (χ0) is 65.7. The fourth-order valence-electron chi connectivity index (χ4n) is 13.5. The van der Waals surface area contributed by atoms with E-state index in [1.165, 1.54) is 11.5 Å². The Morgan fingerprint density at radius 3 is 1.55 bits per heavy atom. The van der Waals surface area contributed by atoms with Crippen LogP contribution >= 0.6 is 11.5 Å². The van der Waals surface area contributed by atoms with E-state index in [4.69, 9.17) is 72.1 Å². The summed E-state index contributed by atoms with van der Waals surface area (Å²) in [4.78, 5) is 58.6. The summed E-state index contributed by atoms with van der Waals surface area (Å²) in [5.74, 6) is 2.73. The number of hydrogen-bond donors (Lipinski definition) is 0. The summed E-state index contributed by atoms with van der Waals surface area (Å²) in [6.45, 7) is 21.8. The lowest BCUT2D eigenvalue weighted by atomic mass is 9.97. The molecule has 0 radical (unpaired) electrons. The zero-order valence-electron chi connectivity index (χ0n) is 55.0. The Kier molecular flexibility index (Phi) is 16.1. The van der Waals surface area contributed by atoms with Crippen molar-refractivity contribution in [2.75, 3.05) is 65.7 Å². The third-order valence-corrected chi connectivity index (χ3v) is 19.3. The van der Waals surface area contributed by atoms with Gasteiger partial charge in [-0.1, -0.05) is 52.8 Å². The van der Waals surface area contributed by atoms with Gasteiger partial charge >= 0.3 is 18.3 Å². The lowest BCUT2D eigenvalue weighted by Crippen LogP contribution is -2.41. The van der Waals surface area contributed by atoms with Crippen molar-refractivity contribution >= 4 is 68.1 Å². The van der Waals surface area contributed by atoms with Gasteiger partial charge in [0.15, 0.2) is 5.82 Å². The van der Waals surface area contributed by atoms with E-state index < -0.39 is 16.8 Å². The van der Waals surface area contributed by atoms with Gasteiger partial charge in [-0.2, -0.15) is 29.6 Å². The molecule has 2 unspecified atom stereocenters. The van der Waals surface area contributed by atoms with Crippen molar-refractivity contribution in [1.82, 2.24) is 73.7 Å². The van der Waals surface area contributed by atoms with Crippen LogP contribution in [0.5, 0.6) is 0 Å². The molecule has 6 aromatic heterocycles. The largest absolute Gasteiger partial charge is 0.444 e. The monoisotopic (exact) mass is 1310 g/mol. The molecule has 3 amide bonds. The van der Waals surface area contributed by atoms with Crippen molar-refractivity contribution in [3.05, 3.63) is 95.9 Å². The highest BCUT2D eigenvalue weighted by atomic mass is 32.1. The number of ether oxygens (including phenoxy) is 6. The van der Waals surface area contributed by atoms with Gasteiger partial charge in [-0.3, -0.25) is 14.0 Å². The minimum absolute atomic E-state index is 0.0133. The Labute approximate surface area is 552 Å². The molecule has 0 bridgehead atoms. The van der Waals surface area contributed by atoms with Crippen molar-refractivity contribution in [2.24, 2.45) is 0 Å². The summed E-state index contributed by atoms with van der Waals surface area (Å²) >= 11 is 1.36. The number of rotatable bonds is 11. The molecule has 26 nitrogen and oxygen atoms in total. The predicted molar refractivity (Wildman–Crippen MR) is 349 cm³/mol. The van der Waals surface area contributed by atoms with Crippen molar-refractivity contribution < 1.29 is 51.9 Å². The van der Waals surface area contributed by atoms with Gasteiger partial charge in [0.2, 0.25) is 23.4 Å². The zero-order valence-corrected chi connectivity index (χ0v) is 55.8. The maximum absolute atomic E-state index is 12.9. The fourth-order valence-corrected chi connectivity index (χ4v) is 14.2. The van der Waals surface area contributed by atoms with E-state index in [1.807, 2.05) is 97.5 Å². The van der Waals surface area contributed by atoms with Gasteiger partial charge in [-0.05, 0) is 130 Å². The topological polar surface area (TPSA) is 273 Å². The lowest BCUT2D eigenvalue weighted by molar-refractivity contribution is -0.0272. The van der Waals surface area contributed by atoms with Gasteiger partial charge in [0.05, 0.1) is 78.7 Å². The molecular formula is C68H79N15O11S. The molecule has 27 heteroatoms. The number of carbonyl (C=O) groups excluding carboxylic acids is 3. The molecular weight excluding hydrogens is 1230 g/mol. The van der Waals surface area contributed by atoms with Crippen LogP contribution < -0.4 is 0 Å². The number of likely N-dealkylation sites (tertiary alicyclic amines) is 2. The van der Waals surface area contributed by atoms with Crippen molar-refractivity contribution in [1.29, 1.82) is 0 Å². The van der Waals surface area contributed by atoms with Gasteiger partial charge in [0.25, 0.3) is 0 Å². The summed E-state index contributed by atoms with van der Waals surface area (Å²) in [5.41, 5.74) is 6.23.